The fraction of sp³-hybridized carbons (Fsp3) is 0.600. The van der Waals surface area contributed by atoms with E-state index in [0.717, 1.165) is 0 Å². The smallest absolute Gasteiger partial charge is 0.391 e. The third kappa shape index (κ3) is 10.1. The van der Waals surface area contributed by atoms with Gasteiger partial charge in [0.05, 0.1) is 12.5 Å². The maximum absolute atomic E-state index is 13.3. The number of alkyl halides is 3. The Labute approximate surface area is 224 Å². The van der Waals surface area contributed by atoms with Gasteiger partial charge in [0.1, 0.15) is 17.6 Å². The zero-order chi connectivity index (χ0) is 29.2. The van der Waals surface area contributed by atoms with E-state index in [1.807, 2.05) is 0 Å². The molecule has 3 atom stereocenters. The molecule has 0 radical (unpaired) electrons. The molecule has 1 aliphatic rings. The summed E-state index contributed by atoms with van der Waals surface area (Å²) >= 11 is 0. The van der Waals surface area contributed by atoms with E-state index in [0.29, 0.717) is 24.9 Å². The van der Waals surface area contributed by atoms with Crippen LogP contribution >= 0.6 is 0 Å². The number of rotatable bonds is 13. The number of unbranched alkanes of at least 4 members (excludes halogenated alkanes) is 1. The fourth-order valence-electron chi connectivity index (χ4n) is 4.26. The van der Waals surface area contributed by atoms with Gasteiger partial charge in [0.15, 0.2) is 0 Å². The Morgan fingerprint density at radius 2 is 1.59 bits per heavy atom. The average Bonchev–Trinajstić information content (AvgIpc) is 2.87. The summed E-state index contributed by atoms with van der Waals surface area (Å²) in [6.45, 7) is 0.308. The molecule has 11 nitrogen and oxygen atoms in total. The van der Waals surface area contributed by atoms with E-state index in [-0.39, 0.29) is 38.8 Å². The third-order valence-corrected chi connectivity index (χ3v) is 6.66. The Bertz CT molecular complexity index is 986. The predicted molar refractivity (Wildman–Crippen MR) is 136 cm³/mol. The van der Waals surface area contributed by atoms with Crippen molar-refractivity contribution >= 4 is 23.7 Å². The number of nitrogens with zero attached hydrogens (tertiary/aromatic N) is 1. The first-order chi connectivity index (χ1) is 18.3. The first-order valence-electron chi connectivity index (χ1n) is 12.7. The molecule has 2 rings (SSSR count). The highest BCUT2D eigenvalue weighted by Crippen LogP contribution is 2.23. The van der Waals surface area contributed by atoms with Crippen molar-refractivity contribution in [2.75, 3.05) is 19.6 Å². The number of halogens is 3. The van der Waals surface area contributed by atoms with Crippen LogP contribution in [0, 0.1) is 0 Å². The lowest BCUT2D eigenvalue weighted by molar-refractivity contribution is -0.153. The highest BCUT2D eigenvalue weighted by molar-refractivity contribution is 5.93. The highest BCUT2D eigenvalue weighted by Gasteiger charge is 2.41. The predicted octanol–water partition coefficient (Wildman–Crippen LogP) is 0.0119. The van der Waals surface area contributed by atoms with Crippen LogP contribution in [0.2, 0.25) is 0 Å². The second-order valence-corrected chi connectivity index (χ2v) is 9.81. The monoisotopic (exact) mass is 558 g/mol. The molecule has 218 valence electrons. The molecule has 0 bridgehead atoms. The molecule has 1 aromatic rings. The third-order valence-electron chi connectivity index (χ3n) is 6.66. The Balaban J connectivity index is 2.13. The number of nitrogens with two attached hydrogens (primary N) is 3. The number of carboxylic acids is 1. The van der Waals surface area contributed by atoms with Gasteiger partial charge in [-0.2, -0.15) is 13.2 Å². The van der Waals surface area contributed by atoms with E-state index in [9.17, 15) is 37.5 Å². The largest absolute Gasteiger partial charge is 0.480 e. The van der Waals surface area contributed by atoms with Gasteiger partial charge in [0.2, 0.25) is 17.7 Å². The lowest BCUT2D eigenvalue weighted by atomic mass is 9.88. The first kappa shape index (κ1) is 32.0. The summed E-state index contributed by atoms with van der Waals surface area (Å²) in [6, 6.07) is 4.17. The molecule has 3 unspecified atom stereocenters. The number of likely N-dealkylation sites (tertiary alicyclic amines) is 1. The van der Waals surface area contributed by atoms with Crippen LogP contribution in [-0.2, 0) is 25.6 Å². The molecular weight excluding hydrogens is 521 g/mol. The van der Waals surface area contributed by atoms with E-state index in [2.05, 4.69) is 10.6 Å². The molecule has 14 heteroatoms. The van der Waals surface area contributed by atoms with Crippen LogP contribution < -0.4 is 27.8 Å². The second kappa shape index (κ2) is 14.2. The van der Waals surface area contributed by atoms with Crippen molar-refractivity contribution in [3.8, 4) is 0 Å². The Morgan fingerprint density at radius 1 is 1.00 bits per heavy atom. The average molecular weight is 559 g/mol. The molecule has 0 aromatic heterocycles. The maximum atomic E-state index is 13.3. The standard InChI is InChI=1S/C25H37F3N6O5/c26-25(27,28)15-19(33-20(35)17(30)14-16-6-2-1-3-7-16)21(36)32-18(8-4-5-11-29)22(37)34-12-9-24(31,10-13-34)23(38)39/h1-3,6-7,17-19H,4-5,8-15,29-31H2,(H,32,36)(H,33,35)(H,38,39). The zero-order valence-electron chi connectivity index (χ0n) is 21.6. The van der Waals surface area contributed by atoms with Crippen molar-refractivity contribution in [2.45, 2.75) is 74.8 Å². The summed E-state index contributed by atoms with van der Waals surface area (Å²) < 4.78 is 40.0. The first-order valence-corrected chi connectivity index (χ1v) is 12.7. The number of aliphatic carboxylic acids is 1. The molecule has 9 N–H and O–H groups in total. The summed E-state index contributed by atoms with van der Waals surface area (Å²) in [5.74, 6) is -3.91. The van der Waals surface area contributed by atoms with E-state index >= 15 is 0 Å². The molecular formula is C25H37F3N6O5. The molecule has 1 saturated heterocycles. The SMILES string of the molecule is NCCCCC(NC(=O)C(CC(F)(F)F)NC(=O)C(N)Cc1ccccc1)C(=O)N1CCC(N)(C(=O)O)CC1. The van der Waals surface area contributed by atoms with Gasteiger partial charge in [-0.1, -0.05) is 30.3 Å². The van der Waals surface area contributed by atoms with Gasteiger partial charge in [-0.3, -0.25) is 19.2 Å². The van der Waals surface area contributed by atoms with Crippen LogP contribution in [0.3, 0.4) is 0 Å². The quantitative estimate of drug-likeness (QED) is 0.182. The molecule has 0 aliphatic carbocycles. The minimum Gasteiger partial charge on any atom is -0.480 e. The van der Waals surface area contributed by atoms with Gasteiger partial charge < -0.3 is 37.8 Å². The lowest BCUT2D eigenvalue weighted by Gasteiger charge is -2.38. The van der Waals surface area contributed by atoms with Gasteiger partial charge in [-0.15, -0.1) is 0 Å². The van der Waals surface area contributed by atoms with E-state index in [1.54, 1.807) is 30.3 Å². The minimum absolute atomic E-state index is 0.00193. The summed E-state index contributed by atoms with van der Waals surface area (Å²) in [6.07, 6.45) is -5.48. The van der Waals surface area contributed by atoms with Crippen molar-refractivity contribution < 1.29 is 37.5 Å². The summed E-state index contributed by atoms with van der Waals surface area (Å²) in [5, 5.41) is 13.8. The number of hydrogen-bond donors (Lipinski definition) is 6. The van der Waals surface area contributed by atoms with Crippen LogP contribution in [0.15, 0.2) is 30.3 Å². The van der Waals surface area contributed by atoms with Crippen LogP contribution in [0.25, 0.3) is 0 Å². The molecule has 3 amide bonds. The molecule has 1 heterocycles. The van der Waals surface area contributed by atoms with Crippen LogP contribution in [-0.4, -0.2) is 83.2 Å². The number of nitrogens with one attached hydrogen (secondary N) is 2. The number of carbonyl (C=O) groups is 4. The van der Waals surface area contributed by atoms with E-state index < -0.39 is 60.0 Å². The summed E-state index contributed by atoms with van der Waals surface area (Å²) in [7, 11) is 0. The Kier molecular flexibility index (Phi) is 11.7. The van der Waals surface area contributed by atoms with Gasteiger partial charge in [-0.25, -0.2) is 0 Å². The number of carboxylic acid groups (broad SMARTS) is 1. The molecule has 1 fully saturated rings. The number of benzene rings is 1. The molecule has 39 heavy (non-hydrogen) atoms. The van der Waals surface area contributed by atoms with Gasteiger partial charge >= 0.3 is 12.1 Å². The molecule has 0 saturated carbocycles. The Hall–Kier alpha value is -3.23. The maximum Gasteiger partial charge on any atom is 0.391 e. The zero-order valence-corrected chi connectivity index (χ0v) is 21.6. The van der Waals surface area contributed by atoms with E-state index in [4.69, 9.17) is 17.2 Å². The van der Waals surface area contributed by atoms with Gasteiger partial charge in [0, 0.05) is 13.1 Å². The molecule has 0 spiro atoms. The fourth-order valence-corrected chi connectivity index (χ4v) is 4.26. The number of hydrogen-bond acceptors (Lipinski definition) is 7. The summed E-state index contributed by atoms with van der Waals surface area (Å²) in [5.41, 5.74) is 16.5. The van der Waals surface area contributed by atoms with E-state index in [1.165, 1.54) is 4.90 Å². The number of piperidine rings is 1. The lowest BCUT2D eigenvalue weighted by Crippen LogP contribution is -2.60. The van der Waals surface area contributed by atoms with Crippen molar-refractivity contribution in [1.29, 1.82) is 0 Å². The van der Waals surface area contributed by atoms with Crippen molar-refractivity contribution in [3.05, 3.63) is 35.9 Å². The second-order valence-electron chi connectivity index (χ2n) is 9.81. The van der Waals surface area contributed by atoms with Crippen molar-refractivity contribution in [1.82, 2.24) is 15.5 Å². The normalized spacial score (nSPS) is 17.5. The van der Waals surface area contributed by atoms with Crippen molar-refractivity contribution in [2.24, 2.45) is 17.2 Å². The summed E-state index contributed by atoms with van der Waals surface area (Å²) in [4.78, 5) is 51.6. The molecule has 1 aliphatic heterocycles. The molecule has 1 aromatic carbocycles. The van der Waals surface area contributed by atoms with Gasteiger partial charge in [-0.05, 0) is 50.6 Å². The Morgan fingerprint density at radius 3 is 2.13 bits per heavy atom. The number of carbonyl (C=O) groups excluding carboxylic acids is 3. The minimum atomic E-state index is -4.80. The van der Waals surface area contributed by atoms with Crippen LogP contribution in [0.4, 0.5) is 13.2 Å². The van der Waals surface area contributed by atoms with Crippen LogP contribution in [0.1, 0.15) is 44.1 Å². The van der Waals surface area contributed by atoms with Gasteiger partial charge in [0.25, 0.3) is 0 Å². The highest BCUT2D eigenvalue weighted by atomic mass is 19.4. The number of amides is 3. The topological polar surface area (TPSA) is 194 Å². The van der Waals surface area contributed by atoms with Crippen molar-refractivity contribution in [3.63, 3.8) is 0 Å². The van der Waals surface area contributed by atoms with Crippen LogP contribution in [0.5, 0.6) is 0 Å².